The van der Waals surface area contributed by atoms with Crippen LogP contribution in [0.3, 0.4) is 0 Å². The van der Waals surface area contributed by atoms with E-state index in [2.05, 4.69) is 44.4 Å². The minimum atomic E-state index is 0.401. The van der Waals surface area contributed by atoms with Crippen LogP contribution in [0.2, 0.25) is 0 Å². The summed E-state index contributed by atoms with van der Waals surface area (Å²) < 4.78 is 5.19. The van der Waals surface area contributed by atoms with Crippen LogP contribution in [0.5, 0.6) is 0 Å². The van der Waals surface area contributed by atoms with E-state index in [1.807, 2.05) is 21.0 Å². The van der Waals surface area contributed by atoms with Gasteiger partial charge in [-0.1, -0.05) is 46.5 Å². The molecule has 0 spiro atoms. The molecule has 2 fully saturated rings. The van der Waals surface area contributed by atoms with E-state index in [1.54, 1.807) is 0 Å². The van der Waals surface area contributed by atoms with Crippen molar-refractivity contribution in [3.8, 4) is 0 Å². The Kier molecular flexibility index (Phi) is 13.9. The van der Waals surface area contributed by atoms with E-state index >= 15 is 0 Å². The molecule has 1 saturated carbocycles. The van der Waals surface area contributed by atoms with Gasteiger partial charge in [-0.05, 0) is 47.0 Å². The number of piperazine rings is 1. The smallest absolute Gasteiger partial charge is 0.0571 e. The fraction of sp³-hybridized carbons (Fsp3) is 1.00. The maximum absolute atomic E-state index is 5.19. The molecule has 2 rings (SSSR count). The molecule has 1 heterocycles. The summed E-state index contributed by atoms with van der Waals surface area (Å²) in [6.45, 7) is 20.6. The highest BCUT2D eigenvalue weighted by molar-refractivity contribution is 4.85. The molecular formula is C22H48N2O. The third-order valence-electron chi connectivity index (χ3n) is 5.65. The summed E-state index contributed by atoms with van der Waals surface area (Å²) in [5, 5.41) is 0. The van der Waals surface area contributed by atoms with Gasteiger partial charge in [0.1, 0.15) is 0 Å². The molecule has 0 aromatic carbocycles. The van der Waals surface area contributed by atoms with Crippen LogP contribution in [0.1, 0.15) is 93.4 Å². The Hall–Kier alpha value is -0.120. The van der Waals surface area contributed by atoms with Gasteiger partial charge in [0.25, 0.3) is 0 Å². The monoisotopic (exact) mass is 356 g/mol. The van der Waals surface area contributed by atoms with Gasteiger partial charge in [-0.15, -0.1) is 0 Å². The number of hydrogen-bond donors (Lipinski definition) is 0. The van der Waals surface area contributed by atoms with Gasteiger partial charge in [0.15, 0.2) is 0 Å². The summed E-state index contributed by atoms with van der Waals surface area (Å²) in [6.07, 6.45) is 9.93. The summed E-state index contributed by atoms with van der Waals surface area (Å²) in [4.78, 5) is 5.24. The zero-order chi connectivity index (χ0) is 19.3. The fourth-order valence-electron chi connectivity index (χ4n) is 3.91. The van der Waals surface area contributed by atoms with Gasteiger partial charge in [-0.2, -0.15) is 0 Å². The summed E-state index contributed by atoms with van der Waals surface area (Å²) >= 11 is 0. The molecular weight excluding hydrogens is 308 g/mol. The number of ether oxygens (including phenoxy) is 1. The standard InChI is InChI=1S/C13H28N2.C7H14O.C2H6/c1-6-7-13(4,5)15-10-8-14(9-11-15)12(2)3;1-8-7-5-3-2-4-6-7;1-2/h12H,6-11H2,1-5H3;7H,2-6H2,1H3;1-2H3. The van der Waals surface area contributed by atoms with E-state index in [9.17, 15) is 0 Å². The topological polar surface area (TPSA) is 15.7 Å². The maximum Gasteiger partial charge on any atom is 0.0571 e. The highest BCUT2D eigenvalue weighted by Crippen LogP contribution is 2.22. The van der Waals surface area contributed by atoms with Crippen LogP contribution in [0.25, 0.3) is 0 Å². The maximum atomic E-state index is 5.19. The Bertz CT molecular complexity index is 290. The van der Waals surface area contributed by atoms with Crippen molar-refractivity contribution in [1.82, 2.24) is 9.80 Å². The largest absolute Gasteiger partial charge is 0.381 e. The molecule has 0 N–H and O–H groups in total. The van der Waals surface area contributed by atoms with Crippen molar-refractivity contribution in [2.45, 2.75) is 111 Å². The van der Waals surface area contributed by atoms with E-state index < -0.39 is 0 Å². The molecule has 1 saturated heterocycles. The number of rotatable bonds is 5. The third kappa shape index (κ3) is 9.96. The molecule has 2 aliphatic rings. The second-order valence-electron chi connectivity index (χ2n) is 8.17. The van der Waals surface area contributed by atoms with Gasteiger partial charge in [0.05, 0.1) is 6.10 Å². The van der Waals surface area contributed by atoms with E-state index in [0.717, 1.165) is 0 Å². The molecule has 0 aromatic rings. The lowest BCUT2D eigenvalue weighted by Crippen LogP contribution is -2.55. The van der Waals surface area contributed by atoms with Crippen LogP contribution in [0.4, 0.5) is 0 Å². The molecule has 3 heteroatoms. The number of nitrogens with zero attached hydrogens (tertiary/aromatic N) is 2. The Morgan fingerprint density at radius 1 is 0.960 bits per heavy atom. The van der Waals surface area contributed by atoms with E-state index in [1.165, 1.54) is 71.1 Å². The summed E-state index contributed by atoms with van der Waals surface area (Å²) in [7, 11) is 1.82. The lowest BCUT2D eigenvalue weighted by Gasteiger charge is -2.45. The Morgan fingerprint density at radius 3 is 1.84 bits per heavy atom. The summed E-state index contributed by atoms with van der Waals surface area (Å²) in [5.41, 5.74) is 0.401. The predicted molar refractivity (Wildman–Crippen MR) is 112 cm³/mol. The van der Waals surface area contributed by atoms with Crippen molar-refractivity contribution < 1.29 is 4.74 Å². The van der Waals surface area contributed by atoms with Crippen LogP contribution in [-0.4, -0.2) is 60.8 Å². The Balaban J connectivity index is 0.000000483. The molecule has 3 nitrogen and oxygen atoms in total. The molecule has 0 atom stereocenters. The second-order valence-corrected chi connectivity index (χ2v) is 8.17. The SMILES string of the molecule is CC.CCCC(C)(C)N1CCN(C(C)C)CC1.COC1CCCCC1. The third-order valence-corrected chi connectivity index (χ3v) is 5.65. The van der Waals surface area contributed by atoms with E-state index in [0.29, 0.717) is 17.7 Å². The van der Waals surface area contributed by atoms with E-state index in [-0.39, 0.29) is 0 Å². The zero-order valence-corrected chi connectivity index (χ0v) is 18.7. The molecule has 0 amide bonds. The normalized spacial score (nSPS) is 20.5. The summed E-state index contributed by atoms with van der Waals surface area (Å²) in [5.74, 6) is 0. The van der Waals surface area contributed by atoms with Crippen LogP contribution in [0, 0.1) is 0 Å². The molecule has 0 radical (unpaired) electrons. The minimum absolute atomic E-state index is 0.401. The van der Waals surface area contributed by atoms with Gasteiger partial charge in [-0.25, -0.2) is 0 Å². The first-order valence-corrected chi connectivity index (χ1v) is 10.9. The highest BCUT2D eigenvalue weighted by Gasteiger charge is 2.29. The number of methoxy groups -OCH3 is 1. The Labute approximate surface area is 159 Å². The van der Waals surface area contributed by atoms with Crippen LogP contribution in [-0.2, 0) is 4.74 Å². The van der Waals surface area contributed by atoms with Gasteiger partial charge >= 0.3 is 0 Å². The molecule has 25 heavy (non-hydrogen) atoms. The van der Waals surface area contributed by atoms with Crippen molar-refractivity contribution in [2.75, 3.05) is 33.3 Å². The first kappa shape index (κ1) is 24.9. The molecule has 1 aliphatic heterocycles. The highest BCUT2D eigenvalue weighted by atomic mass is 16.5. The van der Waals surface area contributed by atoms with E-state index in [4.69, 9.17) is 4.74 Å². The lowest BCUT2D eigenvalue weighted by atomic mass is 9.95. The van der Waals surface area contributed by atoms with Gasteiger partial charge in [0.2, 0.25) is 0 Å². The first-order valence-electron chi connectivity index (χ1n) is 10.9. The molecule has 0 aromatic heterocycles. The predicted octanol–water partition coefficient (Wildman–Crippen LogP) is 5.58. The van der Waals surface area contributed by atoms with Crippen molar-refractivity contribution >= 4 is 0 Å². The quantitative estimate of drug-likeness (QED) is 0.639. The first-order chi connectivity index (χ1) is 11.9. The van der Waals surface area contributed by atoms with Crippen LogP contribution >= 0.6 is 0 Å². The zero-order valence-electron chi connectivity index (χ0n) is 18.7. The number of hydrogen-bond acceptors (Lipinski definition) is 3. The van der Waals surface area contributed by atoms with Crippen molar-refractivity contribution in [1.29, 1.82) is 0 Å². The van der Waals surface area contributed by atoms with Gasteiger partial charge in [0, 0.05) is 44.9 Å². The van der Waals surface area contributed by atoms with Crippen molar-refractivity contribution in [3.63, 3.8) is 0 Å². The summed E-state index contributed by atoms with van der Waals surface area (Å²) in [6, 6.07) is 0.710. The molecule has 0 bridgehead atoms. The lowest BCUT2D eigenvalue weighted by molar-refractivity contribution is 0.0355. The van der Waals surface area contributed by atoms with Crippen molar-refractivity contribution in [2.24, 2.45) is 0 Å². The van der Waals surface area contributed by atoms with Gasteiger partial charge in [-0.3, -0.25) is 9.80 Å². The van der Waals surface area contributed by atoms with Crippen LogP contribution in [0.15, 0.2) is 0 Å². The van der Waals surface area contributed by atoms with Crippen molar-refractivity contribution in [3.05, 3.63) is 0 Å². The molecule has 152 valence electrons. The molecule has 1 aliphatic carbocycles. The molecule has 0 unspecified atom stereocenters. The second kappa shape index (κ2) is 14.0. The fourth-order valence-corrected chi connectivity index (χ4v) is 3.91. The minimum Gasteiger partial charge on any atom is -0.381 e. The van der Waals surface area contributed by atoms with Gasteiger partial charge < -0.3 is 4.74 Å². The Morgan fingerprint density at radius 2 is 1.48 bits per heavy atom. The van der Waals surface area contributed by atoms with Crippen LogP contribution < -0.4 is 0 Å². The average molecular weight is 357 g/mol. The average Bonchev–Trinajstić information content (AvgIpc) is 2.64.